The molecule has 1 N–H and O–H groups in total. The van der Waals surface area contributed by atoms with Crippen molar-refractivity contribution in [3.8, 4) is 0 Å². The van der Waals surface area contributed by atoms with Crippen LogP contribution in [0.15, 0.2) is 47.2 Å². The molecule has 1 unspecified atom stereocenters. The van der Waals surface area contributed by atoms with Crippen LogP contribution in [0.3, 0.4) is 0 Å². The first-order valence-corrected chi connectivity index (χ1v) is 12.6. The summed E-state index contributed by atoms with van der Waals surface area (Å²) in [7, 11) is 0. The first kappa shape index (κ1) is 30.1. The fourth-order valence-electron chi connectivity index (χ4n) is 3.16. The number of benzene rings is 1. The van der Waals surface area contributed by atoms with Crippen LogP contribution in [0.25, 0.3) is 0 Å². The van der Waals surface area contributed by atoms with Gasteiger partial charge in [-0.3, -0.25) is 4.99 Å². The van der Waals surface area contributed by atoms with Gasteiger partial charge in [-0.05, 0) is 70.1 Å². The lowest BCUT2D eigenvalue weighted by Crippen LogP contribution is -2.14. The van der Waals surface area contributed by atoms with E-state index >= 15 is 0 Å². The fourth-order valence-corrected chi connectivity index (χ4v) is 3.16. The maximum absolute atomic E-state index is 6.11. The number of rotatable bonds is 15. The van der Waals surface area contributed by atoms with Gasteiger partial charge in [0, 0.05) is 36.7 Å². The molecule has 0 radical (unpaired) electrons. The van der Waals surface area contributed by atoms with E-state index in [1.807, 2.05) is 13.1 Å². The Morgan fingerprint density at radius 2 is 1.81 bits per heavy atom. The molecule has 1 aromatic rings. The lowest BCUT2D eigenvalue weighted by molar-refractivity contribution is 0.122. The molecule has 0 aromatic heterocycles. The Bertz CT molecular complexity index is 674. The lowest BCUT2D eigenvalue weighted by Gasteiger charge is -2.21. The Hall–Kier alpha value is -1.87. The van der Waals surface area contributed by atoms with Crippen molar-refractivity contribution in [2.75, 3.05) is 19.8 Å². The highest BCUT2D eigenvalue weighted by Crippen LogP contribution is 2.30. The van der Waals surface area contributed by atoms with E-state index in [0.29, 0.717) is 6.61 Å². The molecule has 0 saturated carbocycles. The van der Waals surface area contributed by atoms with Gasteiger partial charge in [-0.2, -0.15) is 0 Å². The van der Waals surface area contributed by atoms with Crippen LogP contribution in [0.5, 0.6) is 0 Å². The molecule has 0 spiro atoms. The minimum Gasteiger partial charge on any atom is -0.389 e. The number of hydrogen-bond acceptors (Lipinski definition) is 3. The Morgan fingerprint density at radius 3 is 2.41 bits per heavy atom. The second-order valence-corrected chi connectivity index (χ2v) is 8.50. The molecule has 3 nitrogen and oxygen atoms in total. The van der Waals surface area contributed by atoms with Crippen molar-refractivity contribution >= 4 is 6.21 Å². The molecule has 0 fully saturated rings. The minimum absolute atomic E-state index is 0.183. The summed E-state index contributed by atoms with van der Waals surface area (Å²) in [6.45, 7) is 21.3. The molecule has 1 rings (SSSR count). The summed E-state index contributed by atoms with van der Waals surface area (Å²) >= 11 is 0. The highest BCUT2D eigenvalue weighted by Gasteiger charge is 2.19. The molecule has 32 heavy (non-hydrogen) atoms. The third-order valence-corrected chi connectivity index (χ3v) is 5.51. The Balaban J connectivity index is 0.00000220. The van der Waals surface area contributed by atoms with Crippen molar-refractivity contribution in [3.63, 3.8) is 0 Å². The zero-order chi connectivity index (χ0) is 24.2. The van der Waals surface area contributed by atoms with E-state index < -0.39 is 0 Å². The Kier molecular flexibility index (Phi) is 18.6. The van der Waals surface area contributed by atoms with Gasteiger partial charge in [-0.1, -0.05) is 70.9 Å². The molecule has 0 aliphatic heterocycles. The summed E-state index contributed by atoms with van der Waals surface area (Å²) in [5.74, 6) is 0.183. The van der Waals surface area contributed by atoms with Crippen molar-refractivity contribution < 1.29 is 4.74 Å². The van der Waals surface area contributed by atoms with Crippen LogP contribution >= 0.6 is 0 Å². The number of aryl methyl sites for hydroxylation is 1. The average molecular weight is 443 g/mol. The molecular weight excluding hydrogens is 392 g/mol. The fraction of sp³-hybridized carbons (Fsp3) is 0.621. The number of nitrogens with zero attached hydrogens (tertiary/aromatic N) is 1. The van der Waals surface area contributed by atoms with Crippen LogP contribution in [0.2, 0.25) is 0 Å². The highest BCUT2D eigenvalue weighted by molar-refractivity contribution is 5.59. The summed E-state index contributed by atoms with van der Waals surface area (Å²) in [6, 6.07) is 6.53. The normalized spacial score (nSPS) is 12.4. The van der Waals surface area contributed by atoms with Gasteiger partial charge in [0.15, 0.2) is 0 Å². The molecular formula is C29H50N2O. The van der Waals surface area contributed by atoms with E-state index in [1.54, 1.807) is 0 Å². The van der Waals surface area contributed by atoms with Gasteiger partial charge in [-0.15, -0.1) is 0 Å². The van der Waals surface area contributed by atoms with Gasteiger partial charge in [0.2, 0.25) is 0 Å². The molecule has 0 amide bonds. The van der Waals surface area contributed by atoms with Crippen molar-refractivity contribution in [1.29, 1.82) is 0 Å². The zero-order valence-electron chi connectivity index (χ0n) is 22.1. The summed E-state index contributed by atoms with van der Waals surface area (Å²) in [5.41, 5.74) is 6.13. The van der Waals surface area contributed by atoms with Crippen molar-refractivity contribution in [2.45, 2.75) is 99.3 Å². The number of unbranched alkanes of at least 4 members (excludes halogenated alkanes) is 4. The van der Waals surface area contributed by atoms with Gasteiger partial charge in [0.05, 0.1) is 6.61 Å². The molecule has 1 atom stereocenters. The summed E-state index contributed by atoms with van der Waals surface area (Å²) in [5, 5.41) is 3.28. The molecule has 0 bridgehead atoms. The Morgan fingerprint density at radius 1 is 1.09 bits per heavy atom. The second kappa shape index (κ2) is 19.8. The molecule has 0 aliphatic rings. The van der Waals surface area contributed by atoms with Crippen LogP contribution in [-0.4, -0.2) is 26.0 Å². The average Bonchev–Trinajstić information content (AvgIpc) is 2.78. The standard InChI is InChI=1S/C25H40N2O.C4H10/c1-7-9-16-27-25(8-2)24(23-15-13-14-21(5)22(23)6)19-28-18-12-10-11-17-26-20(3)4;1-3-4-2/h8,13-16,24,26H,3,7,9-12,17-19H2,1-2,4-6H3;3-4H2,1-2H3/b25-8-,27-16?;. The van der Waals surface area contributed by atoms with Crippen molar-refractivity contribution in [2.24, 2.45) is 4.99 Å². The van der Waals surface area contributed by atoms with Crippen molar-refractivity contribution in [3.05, 3.63) is 58.9 Å². The lowest BCUT2D eigenvalue weighted by atomic mass is 9.90. The van der Waals surface area contributed by atoms with Crippen LogP contribution < -0.4 is 5.32 Å². The summed E-state index contributed by atoms with van der Waals surface area (Å²) in [4.78, 5) is 4.77. The zero-order valence-corrected chi connectivity index (χ0v) is 22.1. The second-order valence-electron chi connectivity index (χ2n) is 8.50. The highest BCUT2D eigenvalue weighted by atomic mass is 16.5. The van der Waals surface area contributed by atoms with Gasteiger partial charge < -0.3 is 10.1 Å². The molecule has 3 heteroatoms. The van der Waals surface area contributed by atoms with Crippen LogP contribution in [-0.2, 0) is 4.74 Å². The van der Waals surface area contributed by atoms with Crippen LogP contribution in [0.1, 0.15) is 102 Å². The number of ether oxygens (including phenoxy) is 1. The van der Waals surface area contributed by atoms with E-state index in [2.05, 4.69) is 77.7 Å². The molecule has 1 aromatic carbocycles. The molecule has 0 heterocycles. The number of aliphatic imine (C=N–C) groups is 1. The summed E-state index contributed by atoms with van der Waals surface area (Å²) in [6.07, 6.45) is 12.3. The smallest absolute Gasteiger partial charge is 0.0590 e. The molecule has 182 valence electrons. The van der Waals surface area contributed by atoms with Crippen LogP contribution in [0.4, 0.5) is 0 Å². The van der Waals surface area contributed by atoms with Gasteiger partial charge in [-0.25, -0.2) is 0 Å². The maximum Gasteiger partial charge on any atom is 0.0590 e. The van der Waals surface area contributed by atoms with Crippen LogP contribution in [0, 0.1) is 13.8 Å². The number of hydrogen-bond donors (Lipinski definition) is 1. The SMILES string of the molecule is C=C(C)NCCCCCOCC(/C(=C/C)N=CCCC)c1cccc(C)c1C.CCCC. The first-order valence-electron chi connectivity index (χ1n) is 12.6. The predicted molar refractivity (Wildman–Crippen MR) is 144 cm³/mol. The number of nitrogens with one attached hydrogen (secondary N) is 1. The maximum atomic E-state index is 6.11. The topological polar surface area (TPSA) is 33.6 Å². The van der Waals surface area contributed by atoms with E-state index in [4.69, 9.17) is 9.73 Å². The minimum atomic E-state index is 0.183. The Labute approximate surface area is 199 Å². The number of allylic oxidation sites excluding steroid dienone is 2. The molecule has 0 saturated heterocycles. The van der Waals surface area contributed by atoms with E-state index in [0.717, 1.165) is 50.2 Å². The first-order chi connectivity index (χ1) is 15.4. The third-order valence-electron chi connectivity index (χ3n) is 5.51. The largest absolute Gasteiger partial charge is 0.389 e. The van der Waals surface area contributed by atoms with E-state index in [1.165, 1.54) is 36.0 Å². The quantitative estimate of drug-likeness (QED) is 0.219. The predicted octanol–water partition coefficient (Wildman–Crippen LogP) is 8.28. The van der Waals surface area contributed by atoms with Gasteiger partial charge in [0.1, 0.15) is 0 Å². The van der Waals surface area contributed by atoms with Crippen molar-refractivity contribution in [1.82, 2.24) is 5.32 Å². The van der Waals surface area contributed by atoms with Gasteiger partial charge >= 0.3 is 0 Å². The molecule has 0 aliphatic carbocycles. The van der Waals surface area contributed by atoms with E-state index in [9.17, 15) is 0 Å². The summed E-state index contributed by atoms with van der Waals surface area (Å²) < 4.78 is 6.11. The van der Waals surface area contributed by atoms with E-state index in [-0.39, 0.29) is 5.92 Å². The van der Waals surface area contributed by atoms with Gasteiger partial charge in [0.25, 0.3) is 0 Å². The monoisotopic (exact) mass is 442 g/mol. The third kappa shape index (κ3) is 13.5.